The van der Waals surface area contributed by atoms with E-state index < -0.39 is 10.0 Å². The molecule has 0 unspecified atom stereocenters. The third-order valence-corrected chi connectivity index (χ3v) is 8.34. The molecule has 3 heterocycles. The summed E-state index contributed by atoms with van der Waals surface area (Å²) >= 11 is 0. The maximum Gasteiger partial charge on any atom is 0.232 e. The number of fused-ring (bicyclic) bond motifs is 1. The van der Waals surface area contributed by atoms with Crippen LogP contribution in [0.3, 0.4) is 0 Å². The van der Waals surface area contributed by atoms with Crippen LogP contribution in [-0.2, 0) is 21.2 Å². The van der Waals surface area contributed by atoms with Crippen molar-refractivity contribution in [1.29, 1.82) is 0 Å². The topological polar surface area (TPSA) is 127 Å². The van der Waals surface area contributed by atoms with Gasteiger partial charge in [0.2, 0.25) is 16.0 Å². The number of hydrogen-bond acceptors (Lipinski definition) is 11. The highest BCUT2D eigenvalue weighted by molar-refractivity contribution is 7.92. The van der Waals surface area contributed by atoms with Gasteiger partial charge in [0, 0.05) is 43.7 Å². The summed E-state index contributed by atoms with van der Waals surface area (Å²) in [6, 6.07) is 7.55. The quantitative estimate of drug-likeness (QED) is 0.350. The summed E-state index contributed by atoms with van der Waals surface area (Å²) in [6.07, 6.45) is 5.22. The van der Waals surface area contributed by atoms with Gasteiger partial charge in [-0.2, -0.15) is 4.98 Å². The van der Waals surface area contributed by atoms with E-state index in [2.05, 4.69) is 40.1 Å². The Kier molecular flexibility index (Phi) is 8.59. The van der Waals surface area contributed by atoms with Gasteiger partial charge in [0.05, 0.1) is 38.0 Å². The van der Waals surface area contributed by atoms with E-state index in [-0.39, 0.29) is 0 Å². The number of aromatic nitrogens is 2. The van der Waals surface area contributed by atoms with Gasteiger partial charge in [0.1, 0.15) is 30.5 Å². The Balaban J connectivity index is 1.51. The van der Waals surface area contributed by atoms with Crippen molar-refractivity contribution in [2.75, 3.05) is 79.8 Å². The molecule has 0 atom stereocenters. The van der Waals surface area contributed by atoms with E-state index in [1.807, 2.05) is 6.07 Å². The summed E-state index contributed by atoms with van der Waals surface area (Å²) in [6.45, 7) is 9.70. The first-order valence-electron chi connectivity index (χ1n) is 13.7. The van der Waals surface area contributed by atoms with E-state index in [1.165, 1.54) is 7.05 Å². The molecule has 2 aliphatic rings. The molecule has 42 heavy (non-hydrogen) atoms. The van der Waals surface area contributed by atoms with E-state index in [0.717, 1.165) is 47.0 Å². The number of anilines is 6. The molecule has 3 aromatic rings. The Morgan fingerprint density at radius 2 is 1.88 bits per heavy atom. The van der Waals surface area contributed by atoms with E-state index >= 15 is 0 Å². The minimum Gasteiger partial charge on any atom is -0.494 e. The van der Waals surface area contributed by atoms with Gasteiger partial charge in [-0.1, -0.05) is 19.6 Å². The molecule has 1 saturated heterocycles. The minimum atomic E-state index is -3.63. The molecule has 1 fully saturated rings. The van der Waals surface area contributed by atoms with Crippen LogP contribution in [0.2, 0.25) is 0 Å². The average Bonchev–Trinajstić information content (AvgIpc) is 3.00. The molecule has 12 nitrogen and oxygen atoms in total. The van der Waals surface area contributed by atoms with Crippen molar-refractivity contribution >= 4 is 50.6 Å². The molecule has 2 N–H and O–H groups in total. The normalized spacial score (nSPS) is 14.7. The van der Waals surface area contributed by atoms with Crippen LogP contribution in [0.25, 0.3) is 6.08 Å². The fraction of sp³-hybridized carbons (Fsp3) is 0.379. The molecule has 2 aromatic carbocycles. The zero-order chi connectivity index (χ0) is 29.9. The number of morpholine rings is 1. The first kappa shape index (κ1) is 29.3. The molecule has 0 radical (unpaired) electrons. The average molecular weight is 597 g/mol. The standard InChI is InChI=1S/C29H36N6O6S/c1-6-19-16-22(25(38-4)17-23(19)35-10-12-39-13-11-35)32-29-30-18-20(7-2)28(33-29)31-21-8-9-24-27(41-15-14-40-24)26(21)34(3)42(5,36)37/h7-9,16-18H,2,6,10-15H2,1,3-5H3,(H2,30,31,32,33). The van der Waals surface area contributed by atoms with Gasteiger partial charge in [-0.05, 0) is 30.2 Å². The SMILES string of the molecule is C=Cc1cnc(Nc2cc(CC)c(N3CCOCC3)cc2OC)nc1Nc1ccc2c(c1N(C)S(C)(=O)=O)OCCO2. The molecule has 0 aliphatic carbocycles. The first-order valence-corrected chi connectivity index (χ1v) is 15.5. The Bertz CT molecular complexity index is 1580. The smallest absolute Gasteiger partial charge is 0.232 e. The van der Waals surface area contributed by atoms with Crippen molar-refractivity contribution in [3.05, 3.63) is 48.2 Å². The molecular formula is C29H36N6O6S. The second-order valence-electron chi connectivity index (χ2n) is 9.80. The molecule has 0 bridgehead atoms. The van der Waals surface area contributed by atoms with Gasteiger partial charge >= 0.3 is 0 Å². The highest BCUT2D eigenvalue weighted by Crippen LogP contribution is 2.46. The summed E-state index contributed by atoms with van der Waals surface area (Å²) in [4.78, 5) is 11.5. The number of ether oxygens (including phenoxy) is 4. The van der Waals surface area contributed by atoms with Gasteiger partial charge in [-0.3, -0.25) is 4.31 Å². The summed E-state index contributed by atoms with van der Waals surface area (Å²) in [7, 11) is -0.530. The van der Waals surface area contributed by atoms with E-state index in [9.17, 15) is 8.42 Å². The number of nitrogens with zero attached hydrogens (tertiary/aromatic N) is 4. The molecule has 13 heteroatoms. The van der Waals surface area contributed by atoms with Crippen LogP contribution in [0, 0.1) is 0 Å². The van der Waals surface area contributed by atoms with Crippen molar-refractivity contribution in [3.63, 3.8) is 0 Å². The van der Waals surface area contributed by atoms with Crippen molar-refractivity contribution in [2.45, 2.75) is 13.3 Å². The summed E-state index contributed by atoms with van der Waals surface area (Å²) in [5.74, 6) is 2.19. The maximum atomic E-state index is 12.6. The predicted molar refractivity (Wildman–Crippen MR) is 165 cm³/mol. The van der Waals surface area contributed by atoms with Crippen LogP contribution in [0.4, 0.5) is 34.5 Å². The molecule has 224 valence electrons. The first-order chi connectivity index (χ1) is 20.2. The number of hydrogen-bond donors (Lipinski definition) is 2. The zero-order valence-electron chi connectivity index (χ0n) is 24.3. The molecule has 0 spiro atoms. The Morgan fingerprint density at radius 3 is 2.57 bits per heavy atom. The lowest BCUT2D eigenvalue weighted by molar-refractivity contribution is 0.122. The summed E-state index contributed by atoms with van der Waals surface area (Å²) in [5.41, 5.74) is 4.39. The number of rotatable bonds is 10. The molecule has 1 aromatic heterocycles. The van der Waals surface area contributed by atoms with Crippen molar-refractivity contribution in [2.24, 2.45) is 0 Å². The van der Waals surface area contributed by atoms with Gasteiger partial charge in [0.25, 0.3) is 0 Å². The highest BCUT2D eigenvalue weighted by atomic mass is 32.2. The lowest BCUT2D eigenvalue weighted by Gasteiger charge is -2.31. The van der Waals surface area contributed by atoms with E-state index in [0.29, 0.717) is 72.4 Å². The summed E-state index contributed by atoms with van der Waals surface area (Å²) in [5, 5.41) is 6.57. The summed E-state index contributed by atoms with van der Waals surface area (Å²) < 4.78 is 49.1. The second kappa shape index (κ2) is 12.3. The van der Waals surface area contributed by atoms with Crippen LogP contribution in [-0.4, -0.2) is 78.3 Å². The van der Waals surface area contributed by atoms with Gasteiger partial charge in [-0.25, -0.2) is 13.4 Å². The zero-order valence-corrected chi connectivity index (χ0v) is 25.1. The largest absolute Gasteiger partial charge is 0.494 e. The number of methoxy groups -OCH3 is 1. The Labute approximate surface area is 246 Å². The van der Waals surface area contributed by atoms with Crippen LogP contribution in [0.5, 0.6) is 17.2 Å². The number of sulfonamides is 1. The number of benzene rings is 2. The number of aryl methyl sites for hydroxylation is 1. The van der Waals surface area contributed by atoms with Gasteiger partial charge in [0.15, 0.2) is 11.5 Å². The van der Waals surface area contributed by atoms with Crippen LogP contribution >= 0.6 is 0 Å². The van der Waals surface area contributed by atoms with Crippen LogP contribution in [0.1, 0.15) is 18.1 Å². The molecule has 0 amide bonds. The van der Waals surface area contributed by atoms with Crippen molar-refractivity contribution < 1.29 is 27.4 Å². The molecule has 0 saturated carbocycles. The lowest BCUT2D eigenvalue weighted by Crippen LogP contribution is -2.36. The lowest BCUT2D eigenvalue weighted by atomic mass is 10.1. The van der Waals surface area contributed by atoms with Crippen LogP contribution < -0.4 is 34.0 Å². The van der Waals surface area contributed by atoms with Crippen molar-refractivity contribution in [1.82, 2.24) is 9.97 Å². The van der Waals surface area contributed by atoms with Crippen molar-refractivity contribution in [3.8, 4) is 17.2 Å². The monoisotopic (exact) mass is 596 g/mol. The van der Waals surface area contributed by atoms with Gasteiger partial charge < -0.3 is 34.5 Å². The van der Waals surface area contributed by atoms with E-state index in [1.54, 1.807) is 31.5 Å². The minimum absolute atomic E-state index is 0.298. The highest BCUT2D eigenvalue weighted by Gasteiger charge is 2.27. The number of nitrogens with one attached hydrogen (secondary N) is 2. The fourth-order valence-corrected chi connectivity index (χ4v) is 5.40. The Morgan fingerprint density at radius 1 is 1.12 bits per heavy atom. The third kappa shape index (κ3) is 6.02. The van der Waals surface area contributed by atoms with Gasteiger partial charge in [-0.15, -0.1) is 0 Å². The Hall–Kier alpha value is -4.23. The van der Waals surface area contributed by atoms with E-state index in [4.69, 9.17) is 23.9 Å². The molecule has 5 rings (SSSR count). The molecule has 2 aliphatic heterocycles. The predicted octanol–water partition coefficient (Wildman–Crippen LogP) is 4.18. The third-order valence-electron chi connectivity index (χ3n) is 7.16. The maximum absolute atomic E-state index is 12.6. The second-order valence-corrected chi connectivity index (χ2v) is 11.8. The van der Waals surface area contributed by atoms with Crippen LogP contribution in [0.15, 0.2) is 37.0 Å². The molecular weight excluding hydrogens is 560 g/mol. The fourth-order valence-electron chi connectivity index (χ4n) is 4.89.